The van der Waals surface area contributed by atoms with Gasteiger partial charge in [0.25, 0.3) is 0 Å². The first kappa shape index (κ1) is 17.7. The molecule has 3 aromatic rings. The molecule has 4 heteroatoms. The van der Waals surface area contributed by atoms with Gasteiger partial charge in [0.1, 0.15) is 5.75 Å². The van der Waals surface area contributed by atoms with E-state index in [1.54, 1.807) is 25.4 Å². The van der Waals surface area contributed by atoms with E-state index in [9.17, 15) is 4.79 Å². The molecule has 1 heterocycles. The molecule has 132 valence electrons. The third-order valence-electron chi connectivity index (χ3n) is 4.36. The average molecular weight is 347 g/mol. The highest BCUT2D eigenvalue weighted by Crippen LogP contribution is 2.30. The quantitative estimate of drug-likeness (QED) is 0.640. The maximum absolute atomic E-state index is 11.9. The minimum absolute atomic E-state index is 0.358. The summed E-state index contributed by atoms with van der Waals surface area (Å²) in [4.78, 5) is 16.4. The van der Waals surface area contributed by atoms with Crippen molar-refractivity contribution in [2.45, 2.75) is 13.3 Å². The third-order valence-corrected chi connectivity index (χ3v) is 4.36. The van der Waals surface area contributed by atoms with Gasteiger partial charge in [0, 0.05) is 18.2 Å². The van der Waals surface area contributed by atoms with Gasteiger partial charge in [-0.2, -0.15) is 0 Å². The smallest absolute Gasteiger partial charge is 0.337 e. The number of carbonyl (C=O) groups excluding carboxylic acids is 1. The van der Waals surface area contributed by atoms with Gasteiger partial charge in [0.05, 0.1) is 25.5 Å². The SMILES string of the molecule is COC(=O)c1ccc(OC)c(Cc2cccc(C)c2-c2ccccn2)c1. The molecule has 0 bridgehead atoms. The summed E-state index contributed by atoms with van der Waals surface area (Å²) < 4.78 is 10.3. The van der Waals surface area contributed by atoms with Crippen molar-refractivity contribution in [3.63, 3.8) is 0 Å². The average Bonchev–Trinajstić information content (AvgIpc) is 2.68. The number of methoxy groups -OCH3 is 2. The van der Waals surface area contributed by atoms with E-state index in [1.165, 1.54) is 7.11 Å². The second kappa shape index (κ2) is 7.83. The summed E-state index contributed by atoms with van der Waals surface area (Å²) in [5.74, 6) is 0.384. The van der Waals surface area contributed by atoms with Gasteiger partial charge in [0.2, 0.25) is 0 Å². The van der Waals surface area contributed by atoms with Crippen LogP contribution in [-0.2, 0) is 11.2 Å². The summed E-state index contributed by atoms with van der Waals surface area (Å²) in [7, 11) is 3.01. The predicted octanol–water partition coefficient (Wildman–Crippen LogP) is 4.44. The van der Waals surface area contributed by atoms with E-state index in [2.05, 4.69) is 24.0 Å². The van der Waals surface area contributed by atoms with Crippen LogP contribution in [0.3, 0.4) is 0 Å². The number of rotatable bonds is 5. The number of carbonyl (C=O) groups is 1. The lowest BCUT2D eigenvalue weighted by molar-refractivity contribution is 0.0600. The lowest BCUT2D eigenvalue weighted by Crippen LogP contribution is -2.04. The Morgan fingerprint density at radius 1 is 1.00 bits per heavy atom. The van der Waals surface area contributed by atoms with Gasteiger partial charge in [-0.05, 0) is 53.9 Å². The van der Waals surface area contributed by atoms with Crippen molar-refractivity contribution in [3.05, 3.63) is 83.0 Å². The monoisotopic (exact) mass is 347 g/mol. The molecule has 0 aliphatic rings. The van der Waals surface area contributed by atoms with Crippen molar-refractivity contribution in [2.75, 3.05) is 14.2 Å². The number of ether oxygens (including phenoxy) is 2. The van der Waals surface area contributed by atoms with E-state index in [1.807, 2.05) is 30.3 Å². The third kappa shape index (κ3) is 3.59. The molecule has 1 aromatic heterocycles. The Bertz CT molecular complexity index is 920. The summed E-state index contributed by atoms with van der Waals surface area (Å²) in [5, 5.41) is 0. The highest BCUT2D eigenvalue weighted by Gasteiger charge is 2.14. The van der Waals surface area contributed by atoms with Crippen molar-refractivity contribution < 1.29 is 14.3 Å². The fourth-order valence-corrected chi connectivity index (χ4v) is 3.12. The molecular weight excluding hydrogens is 326 g/mol. The van der Waals surface area contributed by atoms with Crippen LogP contribution in [0.15, 0.2) is 60.8 Å². The van der Waals surface area contributed by atoms with Crippen LogP contribution in [0.4, 0.5) is 0 Å². The fourth-order valence-electron chi connectivity index (χ4n) is 3.12. The molecule has 0 unspecified atom stereocenters. The molecule has 26 heavy (non-hydrogen) atoms. The molecule has 0 N–H and O–H groups in total. The summed E-state index contributed by atoms with van der Waals surface area (Å²) in [6, 6.07) is 17.4. The molecule has 3 rings (SSSR count). The number of aryl methyl sites for hydroxylation is 1. The zero-order valence-corrected chi connectivity index (χ0v) is 15.2. The molecule has 0 aliphatic heterocycles. The van der Waals surface area contributed by atoms with Crippen LogP contribution in [0, 0.1) is 6.92 Å². The van der Waals surface area contributed by atoms with Gasteiger partial charge in [-0.1, -0.05) is 24.3 Å². The molecule has 0 aliphatic carbocycles. The Hall–Kier alpha value is -3.14. The summed E-state index contributed by atoms with van der Waals surface area (Å²) in [5.41, 5.74) is 5.77. The van der Waals surface area contributed by atoms with Gasteiger partial charge in [-0.25, -0.2) is 4.79 Å². The van der Waals surface area contributed by atoms with Gasteiger partial charge in [-0.15, -0.1) is 0 Å². The topological polar surface area (TPSA) is 48.4 Å². The summed E-state index contributed by atoms with van der Waals surface area (Å²) in [6.07, 6.45) is 2.42. The first-order valence-electron chi connectivity index (χ1n) is 8.39. The van der Waals surface area contributed by atoms with Crippen LogP contribution in [0.1, 0.15) is 27.0 Å². The van der Waals surface area contributed by atoms with Gasteiger partial charge < -0.3 is 9.47 Å². The number of esters is 1. The predicted molar refractivity (Wildman–Crippen MR) is 102 cm³/mol. The standard InChI is InChI=1S/C22H21NO3/c1-15-7-6-8-16(21(15)19-9-4-5-12-23-19)13-18-14-17(22(24)26-3)10-11-20(18)25-2/h4-12,14H,13H2,1-3H3. The lowest BCUT2D eigenvalue weighted by Gasteiger charge is -2.15. The van der Waals surface area contributed by atoms with Crippen molar-refractivity contribution in [1.29, 1.82) is 0 Å². The first-order valence-corrected chi connectivity index (χ1v) is 8.39. The van der Waals surface area contributed by atoms with Crippen molar-refractivity contribution in [1.82, 2.24) is 4.98 Å². The largest absolute Gasteiger partial charge is 0.496 e. The zero-order valence-electron chi connectivity index (χ0n) is 15.2. The Morgan fingerprint density at radius 3 is 2.54 bits per heavy atom. The minimum Gasteiger partial charge on any atom is -0.496 e. The van der Waals surface area contributed by atoms with Gasteiger partial charge in [0.15, 0.2) is 0 Å². The number of hydrogen-bond donors (Lipinski definition) is 0. The minimum atomic E-state index is -0.358. The molecule has 0 atom stereocenters. The van der Waals surface area contributed by atoms with Crippen LogP contribution in [0.5, 0.6) is 5.75 Å². The van der Waals surface area contributed by atoms with E-state index in [0.717, 1.165) is 33.7 Å². The maximum Gasteiger partial charge on any atom is 0.337 e. The zero-order chi connectivity index (χ0) is 18.5. The number of benzene rings is 2. The van der Waals surface area contributed by atoms with Crippen molar-refractivity contribution >= 4 is 5.97 Å². The van der Waals surface area contributed by atoms with Crippen LogP contribution in [0.25, 0.3) is 11.3 Å². The number of pyridine rings is 1. The molecule has 0 saturated heterocycles. The van der Waals surface area contributed by atoms with E-state index in [4.69, 9.17) is 9.47 Å². The second-order valence-corrected chi connectivity index (χ2v) is 6.02. The van der Waals surface area contributed by atoms with Crippen molar-refractivity contribution in [2.24, 2.45) is 0 Å². The van der Waals surface area contributed by atoms with Crippen LogP contribution in [0.2, 0.25) is 0 Å². The van der Waals surface area contributed by atoms with E-state index < -0.39 is 0 Å². The molecule has 0 radical (unpaired) electrons. The Kier molecular flexibility index (Phi) is 5.32. The van der Waals surface area contributed by atoms with E-state index in [-0.39, 0.29) is 5.97 Å². The molecule has 0 spiro atoms. The molecule has 2 aromatic carbocycles. The lowest BCUT2D eigenvalue weighted by atomic mass is 9.93. The van der Waals surface area contributed by atoms with E-state index in [0.29, 0.717) is 12.0 Å². The maximum atomic E-state index is 11.9. The van der Waals surface area contributed by atoms with Crippen molar-refractivity contribution in [3.8, 4) is 17.0 Å². The summed E-state index contributed by atoms with van der Waals surface area (Å²) >= 11 is 0. The Labute approximate surface area is 153 Å². The van der Waals surface area contributed by atoms with Gasteiger partial charge >= 0.3 is 5.97 Å². The fraction of sp³-hybridized carbons (Fsp3) is 0.182. The van der Waals surface area contributed by atoms with Crippen LogP contribution in [-0.4, -0.2) is 25.2 Å². The second-order valence-electron chi connectivity index (χ2n) is 6.02. The molecule has 0 saturated carbocycles. The summed E-state index contributed by atoms with van der Waals surface area (Å²) in [6.45, 7) is 2.08. The highest BCUT2D eigenvalue weighted by atomic mass is 16.5. The Morgan fingerprint density at radius 2 is 1.85 bits per heavy atom. The highest BCUT2D eigenvalue weighted by molar-refractivity contribution is 5.89. The van der Waals surface area contributed by atoms with Crippen LogP contribution < -0.4 is 4.74 Å². The number of aromatic nitrogens is 1. The van der Waals surface area contributed by atoms with Gasteiger partial charge in [-0.3, -0.25) is 4.98 Å². The molecular formula is C22H21NO3. The molecule has 0 fully saturated rings. The molecule has 0 amide bonds. The number of nitrogens with zero attached hydrogens (tertiary/aromatic N) is 1. The van der Waals surface area contributed by atoms with Crippen LogP contribution >= 0.6 is 0 Å². The normalized spacial score (nSPS) is 10.4. The number of hydrogen-bond acceptors (Lipinski definition) is 4. The molecule has 4 nitrogen and oxygen atoms in total. The van der Waals surface area contributed by atoms with E-state index >= 15 is 0 Å². The Balaban J connectivity index is 2.07. The first-order chi connectivity index (χ1) is 12.6.